The minimum atomic E-state index is 0.453. The van der Waals surface area contributed by atoms with Crippen molar-refractivity contribution in [2.75, 3.05) is 10.6 Å². The number of nitrogens with one attached hydrogen (secondary N) is 2. The maximum atomic E-state index is 5.27. The van der Waals surface area contributed by atoms with Crippen LogP contribution in [0.15, 0.2) is 41.1 Å². The Kier molecular flexibility index (Phi) is 4.23. The van der Waals surface area contributed by atoms with Crippen molar-refractivity contribution < 1.29 is 4.42 Å². The van der Waals surface area contributed by atoms with E-state index in [0.29, 0.717) is 18.3 Å². The van der Waals surface area contributed by atoms with Crippen molar-refractivity contribution in [3.8, 4) is 0 Å². The number of hydrogen-bond donors (Lipinski definition) is 2. The molecule has 6 heteroatoms. The van der Waals surface area contributed by atoms with E-state index in [2.05, 4.69) is 58.7 Å². The Morgan fingerprint density at radius 3 is 2.61 bits per heavy atom. The average molecular weight is 309 g/mol. The lowest BCUT2D eigenvalue weighted by atomic mass is 10.1. The van der Waals surface area contributed by atoms with Crippen LogP contribution >= 0.6 is 0 Å². The number of furan rings is 1. The average Bonchev–Trinajstić information content (AvgIpc) is 3.03. The summed E-state index contributed by atoms with van der Waals surface area (Å²) in [6, 6.07) is 8.01. The van der Waals surface area contributed by atoms with Gasteiger partial charge in [-0.15, -0.1) is 5.10 Å². The molecule has 6 nitrogen and oxygen atoms in total. The summed E-state index contributed by atoms with van der Waals surface area (Å²) in [6.45, 7) is 6.76. The third kappa shape index (κ3) is 3.66. The first-order chi connectivity index (χ1) is 11.1. The standard InChI is InChI=1S/C17H19N5O/c1-11-7-12(2)16(13(3)8-11)20-15-10-19-22-17(21-15)18-9-14-5-4-6-23-14/h4-8,10H,9H2,1-3H3,(H2,18,20,21,22). The number of rotatable bonds is 5. The van der Waals surface area contributed by atoms with Gasteiger partial charge in [0.2, 0.25) is 5.95 Å². The predicted octanol–water partition coefficient (Wildman–Crippen LogP) is 3.75. The Labute approximate surface area is 135 Å². The van der Waals surface area contributed by atoms with Crippen molar-refractivity contribution in [2.24, 2.45) is 0 Å². The summed E-state index contributed by atoms with van der Waals surface area (Å²) in [5.74, 6) is 1.92. The Morgan fingerprint density at radius 2 is 1.91 bits per heavy atom. The second-order valence-electron chi connectivity index (χ2n) is 5.50. The van der Waals surface area contributed by atoms with Gasteiger partial charge < -0.3 is 15.1 Å². The molecule has 0 amide bonds. The van der Waals surface area contributed by atoms with Gasteiger partial charge in [0.15, 0.2) is 5.82 Å². The van der Waals surface area contributed by atoms with Crippen molar-refractivity contribution in [3.05, 3.63) is 59.2 Å². The zero-order chi connectivity index (χ0) is 16.2. The van der Waals surface area contributed by atoms with Crippen LogP contribution in [0.5, 0.6) is 0 Å². The highest BCUT2D eigenvalue weighted by Crippen LogP contribution is 2.25. The van der Waals surface area contributed by atoms with Crippen LogP contribution < -0.4 is 10.6 Å². The van der Waals surface area contributed by atoms with Crippen molar-refractivity contribution in [3.63, 3.8) is 0 Å². The van der Waals surface area contributed by atoms with Crippen LogP contribution in [0.4, 0.5) is 17.5 Å². The van der Waals surface area contributed by atoms with Crippen LogP contribution in [0.1, 0.15) is 22.5 Å². The third-order valence-electron chi connectivity index (χ3n) is 3.49. The smallest absolute Gasteiger partial charge is 0.245 e. The van der Waals surface area contributed by atoms with E-state index in [4.69, 9.17) is 4.42 Å². The number of aromatic nitrogens is 3. The van der Waals surface area contributed by atoms with E-state index in [0.717, 1.165) is 11.4 Å². The molecule has 2 aromatic heterocycles. The van der Waals surface area contributed by atoms with Gasteiger partial charge in [-0.3, -0.25) is 0 Å². The highest BCUT2D eigenvalue weighted by atomic mass is 16.3. The van der Waals surface area contributed by atoms with Gasteiger partial charge in [-0.25, -0.2) is 0 Å². The van der Waals surface area contributed by atoms with Crippen molar-refractivity contribution in [1.29, 1.82) is 0 Å². The summed E-state index contributed by atoms with van der Waals surface area (Å²) in [4.78, 5) is 4.43. The molecule has 0 aliphatic carbocycles. The zero-order valence-corrected chi connectivity index (χ0v) is 13.4. The summed E-state index contributed by atoms with van der Waals surface area (Å²) in [5.41, 5.74) is 4.64. The van der Waals surface area contributed by atoms with Crippen LogP contribution in [0.2, 0.25) is 0 Å². The van der Waals surface area contributed by atoms with Gasteiger partial charge in [-0.1, -0.05) is 17.7 Å². The van der Waals surface area contributed by atoms with Gasteiger partial charge in [0, 0.05) is 5.69 Å². The summed E-state index contributed by atoms with van der Waals surface area (Å²) < 4.78 is 5.27. The van der Waals surface area contributed by atoms with E-state index < -0.39 is 0 Å². The first kappa shape index (κ1) is 15.0. The van der Waals surface area contributed by atoms with Crippen LogP contribution in [0, 0.1) is 20.8 Å². The Morgan fingerprint density at radius 1 is 1.13 bits per heavy atom. The maximum Gasteiger partial charge on any atom is 0.245 e. The second kappa shape index (κ2) is 6.48. The molecular formula is C17H19N5O. The van der Waals surface area contributed by atoms with Gasteiger partial charge in [-0.2, -0.15) is 10.1 Å². The minimum absolute atomic E-state index is 0.453. The number of aryl methyl sites for hydroxylation is 3. The van der Waals surface area contributed by atoms with Gasteiger partial charge in [-0.05, 0) is 44.0 Å². The SMILES string of the molecule is Cc1cc(C)c(Nc2cnnc(NCc3ccco3)n2)c(C)c1. The molecule has 0 atom stereocenters. The first-order valence-electron chi connectivity index (χ1n) is 7.42. The molecule has 0 unspecified atom stereocenters. The lowest BCUT2D eigenvalue weighted by Crippen LogP contribution is -2.06. The van der Waals surface area contributed by atoms with Crippen LogP contribution in [-0.4, -0.2) is 15.2 Å². The normalized spacial score (nSPS) is 10.6. The van der Waals surface area contributed by atoms with Gasteiger partial charge >= 0.3 is 0 Å². The number of nitrogens with zero attached hydrogens (tertiary/aromatic N) is 3. The largest absolute Gasteiger partial charge is 0.467 e. The second-order valence-corrected chi connectivity index (χ2v) is 5.50. The molecule has 1 aromatic carbocycles. The lowest BCUT2D eigenvalue weighted by Gasteiger charge is -2.13. The topological polar surface area (TPSA) is 75.9 Å². The highest BCUT2D eigenvalue weighted by molar-refractivity contribution is 5.65. The molecule has 0 spiro atoms. The van der Waals surface area contributed by atoms with E-state index in [1.54, 1.807) is 12.5 Å². The molecule has 3 aromatic rings. The van der Waals surface area contributed by atoms with Gasteiger partial charge in [0.05, 0.1) is 19.0 Å². The summed E-state index contributed by atoms with van der Waals surface area (Å²) in [7, 11) is 0. The van der Waals surface area contributed by atoms with E-state index in [1.807, 2.05) is 12.1 Å². The maximum absolute atomic E-state index is 5.27. The van der Waals surface area contributed by atoms with Crippen LogP contribution in [0.3, 0.4) is 0 Å². The monoisotopic (exact) mass is 309 g/mol. The molecule has 0 aliphatic heterocycles. The fourth-order valence-electron chi connectivity index (χ4n) is 2.52. The van der Waals surface area contributed by atoms with E-state index in [1.165, 1.54) is 16.7 Å². The molecule has 23 heavy (non-hydrogen) atoms. The van der Waals surface area contributed by atoms with Crippen molar-refractivity contribution >= 4 is 17.5 Å². The molecule has 0 aliphatic rings. The Hall–Kier alpha value is -2.89. The minimum Gasteiger partial charge on any atom is -0.467 e. The molecule has 0 saturated carbocycles. The summed E-state index contributed by atoms with van der Waals surface area (Å²) >= 11 is 0. The van der Waals surface area contributed by atoms with E-state index >= 15 is 0 Å². The molecule has 2 N–H and O–H groups in total. The quantitative estimate of drug-likeness (QED) is 0.747. The molecule has 0 bridgehead atoms. The molecule has 0 radical (unpaired) electrons. The van der Waals surface area contributed by atoms with Gasteiger partial charge in [0.25, 0.3) is 0 Å². The van der Waals surface area contributed by atoms with Crippen LogP contribution in [0.25, 0.3) is 0 Å². The Bertz CT molecular complexity index is 775. The van der Waals surface area contributed by atoms with E-state index in [9.17, 15) is 0 Å². The molecule has 2 heterocycles. The fraction of sp³-hybridized carbons (Fsp3) is 0.235. The molecule has 0 saturated heterocycles. The van der Waals surface area contributed by atoms with Gasteiger partial charge in [0.1, 0.15) is 5.76 Å². The predicted molar refractivity (Wildman–Crippen MR) is 89.8 cm³/mol. The molecule has 118 valence electrons. The highest BCUT2D eigenvalue weighted by Gasteiger charge is 2.07. The lowest BCUT2D eigenvalue weighted by molar-refractivity contribution is 0.517. The summed E-state index contributed by atoms with van der Waals surface area (Å²) in [6.07, 6.45) is 3.24. The van der Waals surface area contributed by atoms with E-state index in [-0.39, 0.29) is 0 Å². The summed E-state index contributed by atoms with van der Waals surface area (Å²) in [5, 5.41) is 14.4. The fourth-order valence-corrected chi connectivity index (χ4v) is 2.52. The third-order valence-corrected chi connectivity index (χ3v) is 3.49. The number of hydrogen-bond acceptors (Lipinski definition) is 6. The first-order valence-corrected chi connectivity index (χ1v) is 7.42. The molecular weight excluding hydrogens is 290 g/mol. The molecule has 0 fully saturated rings. The number of benzene rings is 1. The number of anilines is 3. The van der Waals surface area contributed by atoms with Crippen LogP contribution in [-0.2, 0) is 6.54 Å². The van der Waals surface area contributed by atoms with Crippen molar-refractivity contribution in [2.45, 2.75) is 27.3 Å². The zero-order valence-electron chi connectivity index (χ0n) is 13.4. The van der Waals surface area contributed by atoms with Crippen molar-refractivity contribution in [1.82, 2.24) is 15.2 Å². The Balaban J connectivity index is 1.75. The molecule has 3 rings (SSSR count).